The highest BCUT2D eigenvalue weighted by atomic mass is 15.3. The summed E-state index contributed by atoms with van der Waals surface area (Å²) in [4.78, 5) is 9.08. The molecular weight excluding hydrogens is 432 g/mol. The zero-order chi connectivity index (χ0) is 23.6. The summed E-state index contributed by atoms with van der Waals surface area (Å²) in [6, 6.07) is 19.6. The van der Waals surface area contributed by atoms with Gasteiger partial charge in [0.2, 0.25) is 0 Å². The van der Waals surface area contributed by atoms with Crippen molar-refractivity contribution >= 4 is 16.6 Å². The Labute approximate surface area is 208 Å². The number of hydrogen-bond donors (Lipinski definition) is 1. The van der Waals surface area contributed by atoms with Crippen molar-refractivity contribution in [2.45, 2.75) is 70.0 Å². The minimum atomic E-state index is 0.565. The average molecular weight is 469 g/mol. The summed E-state index contributed by atoms with van der Waals surface area (Å²) < 4.78 is 1.98. The molecule has 2 aliphatic heterocycles. The van der Waals surface area contributed by atoms with Gasteiger partial charge in [0, 0.05) is 47.5 Å². The Balaban J connectivity index is 1.27. The molecule has 0 saturated carbocycles. The predicted molar refractivity (Wildman–Crippen MR) is 142 cm³/mol. The van der Waals surface area contributed by atoms with E-state index in [2.05, 4.69) is 86.6 Å². The molecular formula is C29H36N6. The van der Waals surface area contributed by atoms with Crippen LogP contribution in [0.15, 0.2) is 67.4 Å². The molecule has 3 unspecified atom stereocenters. The standard InChI is InChI=1S/C29H36N6/c1-2-8-24-17-25(34-15-7-6-11-28(34)22-9-4-3-5-10-22)14-16-35(24)29-19-30-27-13-12-23(18-26(27)29)33-20-31-32-21-33/h3-5,9-10,12-13,18-21,24-25,28,30H,2,6-8,11,14-17H2,1H3. The fourth-order valence-corrected chi connectivity index (χ4v) is 6.51. The van der Waals surface area contributed by atoms with E-state index in [1.54, 1.807) is 12.7 Å². The lowest BCUT2D eigenvalue weighted by Crippen LogP contribution is -2.52. The third kappa shape index (κ3) is 4.36. The van der Waals surface area contributed by atoms with Crippen molar-refractivity contribution in [1.29, 1.82) is 0 Å². The molecule has 0 amide bonds. The van der Waals surface area contributed by atoms with Gasteiger partial charge in [0.25, 0.3) is 0 Å². The monoisotopic (exact) mass is 468 g/mol. The maximum Gasteiger partial charge on any atom is 0.123 e. The number of hydrogen-bond acceptors (Lipinski definition) is 4. The highest BCUT2D eigenvalue weighted by molar-refractivity contribution is 5.94. The lowest BCUT2D eigenvalue weighted by molar-refractivity contribution is 0.0707. The number of aromatic amines is 1. The van der Waals surface area contributed by atoms with E-state index in [1.165, 1.54) is 73.6 Å². The van der Waals surface area contributed by atoms with Crippen LogP contribution in [0, 0.1) is 0 Å². The summed E-state index contributed by atoms with van der Waals surface area (Å²) in [6.45, 7) is 4.67. The first-order valence-corrected chi connectivity index (χ1v) is 13.4. The molecule has 6 rings (SSSR count). The Hall–Kier alpha value is -3.12. The van der Waals surface area contributed by atoms with E-state index in [0.717, 1.165) is 12.2 Å². The minimum Gasteiger partial charge on any atom is -0.367 e. The zero-order valence-electron chi connectivity index (χ0n) is 20.7. The maximum atomic E-state index is 3.99. The second-order valence-electron chi connectivity index (χ2n) is 10.2. The van der Waals surface area contributed by atoms with E-state index in [9.17, 15) is 0 Å². The van der Waals surface area contributed by atoms with Crippen molar-refractivity contribution in [2.75, 3.05) is 18.0 Å². The van der Waals surface area contributed by atoms with Crippen LogP contribution < -0.4 is 4.90 Å². The predicted octanol–water partition coefficient (Wildman–Crippen LogP) is 6.11. The molecule has 0 spiro atoms. The molecule has 4 heterocycles. The normalized spacial score (nSPS) is 23.7. The van der Waals surface area contributed by atoms with Crippen LogP contribution in [0.3, 0.4) is 0 Å². The van der Waals surface area contributed by atoms with Gasteiger partial charge in [0.05, 0.1) is 5.69 Å². The molecule has 2 aromatic heterocycles. The first-order chi connectivity index (χ1) is 17.3. The van der Waals surface area contributed by atoms with Crippen LogP contribution in [0.25, 0.3) is 16.6 Å². The number of likely N-dealkylation sites (tertiary alicyclic amines) is 1. The molecule has 2 aliphatic rings. The molecule has 2 aromatic carbocycles. The molecule has 3 atom stereocenters. The van der Waals surface area contributed by atoms with Gasteiger partial charge in [-0.05, 0) is 62.4 Å². The van der Waals surface area contributed by atoms with Crippen LogP contribution in [0.2, 0.25) is 0 Å². The lowest BCUT2D eigenvalue weighted by Gasteiger charge is -2.48. The Morgan fingerprint density at radius 3 is 2.66 bits per heavy atom. The first-order valence-electron chi connectivity index (χ1n) is 13.4. The van der Waals surface area contributed by atoms with Crippen molar-refractivity contribution in [3.05, 3.63) is 72.9 Å². The quantitative estimate of drug-likeness (QED) is 0.371. The summed E-state index contributed by atoms with van der Waals surface area (Å²) in [5, 5.41) is 9.26. The van der Waals surface area contributed by atoms with Crippen molar-refractivity contribution < 1.29 is 0 Å². The fourth-order valence-electron chi connectivity index (χ4n) is 6.51. The lowest BCUT2D eigenvalue weighted by atomic mass is 9.87. The molecule has 0 bridgehead atoms. The van der Waals surface area contributed by atoms with E-state index in [0.29, 0.717) is 18.1 Å². The summed E-state index contributed by atoms with van der Waals surface area (Å²) in [7, 11) is 0. The summed E-state index contributed by atoms with van der Waals surface area (Å²) in [5.41, 5.74) is 5.13. The van der Waals surface area contributed by atoms with Crippen LogP contribution in [-0.2, 0) is 0 Å². The summed E-state index contributed by atoms with van der Waals surface area (Å²) in [5.74, 6) is 0. The van der Waals surface area contributed by atoms with E-state index < -0.39 is 0 Å². The number of benzene rings is 2. The molecule has 0 aliphatic carbocycles. The molecule has 182 valence electrons. The van der Waals surface area contributed by atoms with E-state index >= 15 is 0 Å². The molecule has 35 heavy (non-hydrogen) atoms. The molecule has 2 saturated heterocycles. The van der Waals surface area contributed by atoms with Gasteiger partial charge in [-0.25, -0.2) is 0 Å². The maximum absolute atomic E-state index is 3.99. The van der Waals surface area contributed by atoms with E-state index in [1.807, 2.05) is 4.57 Å². The van der Waals surface area contributed by atoms with Crippen LogP contribution >= 0.6 is 0 Å². The number of piperidine rings is 2. The summed E-state index contributed by atoms with van der Waals surface area (Å²) >= 11 is 0. The second-order valence-corrected chi connectivity index (χ2v) is 10.2. The number of rotatable bonds is 6. The van der Waals surface area contributed by atoms with Gasteiger partial charge in [-0.1, -0.05) is 50.1 Å². The second kappa shape index (κ2) is 9.86. The van der Waals surface area contributed by atoms with Crippen molar-refractivity contribution in [2.24, 2.45) is 0 Å². The van der Waals surface area contributed by atoms with Crippen molar-refractivity contribution in [3.63, 3.8) is 0 Å². The Morgan fingerprint density at radius 1 is 0.971 bits per heavy atom. The van der Waals surface area contributed by atoms with Gasteiger partial charge >= 0.3 is 0 Å². The first kappa shape index (κ1) is 22.4. The van der Waals surface area contributed by atoms with Gasteiger partial charge in [-0.15, -0.1) is 10.2 Å². The van der Waals surface area contributed by atoms with Crippen LogP contribution in [0.4, 0.5) is 5.69 Å². The topological polar surface area (TPSA) is 53.0 Å². The number of anilines is 1. The number of H-pyrrole nitrogens is 1. The van der Waals surface area contributed by atoms with Crippen LogP contribution in [0.1, 0.15) is 63.5 Å². The minimum absolute atomic E-state index is 0.565. The smallest absolute Gasteiger partial charge is 0.123 e. The number of nitrogens with zero attached hydrogens (tertiary/aromatic N) is 5. The Morgan fingerprint density at radius 2 is 1.83 bits per heavy atom. The Bertz CT molecular complexity index is 1230. The largest absolute Gasteiger partial charge is 0.367 e. The highest BCUT2D eigenvalue weighted by Crippen LogP contribution is 2.39. The molecule has 1 N–H and O–H groups in total. The molecule has 4 aromatic rings. The highest BCUT2D eigenvalue weighted by Gasteiger charge is 2.36. The zero-order valence-corrected chi connectivity index (χ0v) is 20.7. The van der Waals surface area contributed by atoms with Gasteiger partial charge < -0.3 is 9.88 Å². The average Bonchev–Trinajstić information content (AvgIpc) is 3.60. The van der Waals surface area contributed by atoms with Gasteiger partial charge in [0.1, 0.15) is 12.7 Å². The molecule has 2 fully saturated rings. The van der Waals surface area contributed by atoms with Crippen LogP contribution in [0.5, 0.6) is 0 Å². The van der Waals surface area contributed by atoms with Gasteiger partial charge in [0.15, 0.2) is 0 Å². The van der Waals surface area contributed by atoms with E-state index in [-0.39, 0.29) is 0 Å². The SMILES string of the molecule is CCCC1CC(N2CCCCC2c2ccccc2)CCN1c1c[nH]c2ccc(-n3cnnc3)cc12. The van der Waals surface area contributed by atoms with Gasteiger partial charge in [-0.2, -0.15) is 0 Å². The fraction of sp³-hybridized carbons (Fsp3) is 0.448. The molecule has 6 nitrogen and oxygen atoms in total. The third-order valence-corrected chi connectivity index (χ3v) is 8.18. The molecule has 6 heteroatoms. The number of fused-ring (bicyclic) bond motifs is 1. The van der Waals surface area contributed by atoms with E-state index in [4.69, 9.17) is 0 Å². The van der Waals surface area contributed by atoms with Crippen molar-refractivity contribution in [1.82, 2.24) is 24.6 Å². The van der Waals surface area contributed by atoms with Crippen LogP contribution in [-0.4, -0.2) is 49.8 Å². The Kier molecular flexibility index (Phi) is 6.30. The third-order valence-electron chi connectivity index (χ3n) is 8.18. The number of nitrogens with one attached hydrogen (secondary N) is 1. The molecule has 0 radical (unpaired) electrons. The van der Waals surface area contributed by atoms with Gasteiger partial charge in [-0.3, -0.25) is 9.47 Å². The number of aromatic nitrogens is 4. The van der Waals surface area contributed by atoms with Crippen molar-refractivity contribution in [3.8, 4) is 5.69 Å². The summed E-state index contributed by atoms with van der Waals surface area (Å²) in [6.07, 6.45) is 14.6.